The summed E-state index contributed by atoms with van der Waals surface area (Å²) in [6, 6.07) is 16.8. The molecule has 1 fully saturated rings. The SMILES string of the molecule is CC1CCN(C(=O)c2ccccc2NC(=O)/C=C\c2ccccc2)CC1. The van der Waals surface area contributed by atoms with Crippen molar-refractivity contribution in [3.8, 4) is 0 Å². The number of hydrogen-bond acceptors (Lipinski definition) is 2. The van der Waals surface area contributed by atoms with Gasteiger partial charge in [0.2, 0.25) is 5.91 Å². The first-order valence-electron chi connectivity index (χ1n) is 9.06. The van der Waals surface area contributed by atoms with E-state index in [0.717, 1.165) is 31.5 Å². The third kappa shape index (κ3) is 4.60. The molecule has 1 aliphatic heterocycles. The Labute approximate surface area is 154 Å². The number of likely N-dealkylation sites (tertiary alicyclic amines) is 1. The van der Waals surface area contributed by atoms with Crippen LogP contribution in [-0.4, -0.2) is 29.8 Å². The van der Waals surface area contributed by atoms with Crippen LogP contribution in [0, 0.1) is 5.92 Å². The van der Waals surface area contributed by atoms with Crippen molar-refractivity contribution in [3.63, 3.8) is 0 Å². The van der Waals surface area contributed by atoms with Gasteiger partial charge in [0.15, 0.2) is 0 Å². The van der Waals surface area contributed by atoms with Crippen molar-refractivity contribution in [1.82, 2.24) is 4.90 Å². The average molecular weight is 348 g/mol. The molecule has 3 rings (SSSR count). The Kier molecular flexibility index (Phi) is 5.84. The summed E-state index contributed by atoms with van der Waals surface area (Å²) in [5.41, 5.74) is 2.05. The van der Waals surface area contributed by atoms with Crippen LogP contribution in [0.2, 0.25) is 0 Å². The molecule has 0 unspecified atom stereocenters. The molecule has 1 saturated heterocycles. The number of carbonyl (C=O) groups is 2. The van der Waals surface area contributed by atoms with Crippen molar-refractivity contribution >= 4 is 23.6 Å². The molecule has 26 heavy (non-hydrogen) atoms. The number of amides is 2. The van der Waals surface area contributed by atoms with Crippen molar-refractivity contribution in [3.05, 3.63) is 71.8 Å². The van der Waals surface area contributed by atoms with Gasteiger partial charge in [-0.2, -0.15) is 0 Å². The molecule has 0 saturated carbocycles. The van der Waals surface area contributed by atoms with E-state index in [2.05, 4.69) is 12.2 Å². The molecule has 1 N–H and O–H groups in total. The van der Waals surface area contributed by atoms with E-state index in [1.54, 1.807) is 18.2 Å². The second kappa shape index (κ2) is 8.48. The maximum atomic E-state index is 12.8. The van der Waals surface area contributed by atoms with Gasteiger partial charge in [-0.25, -0.2) is 0 Å². The van der Waals surface area contributed by atoms with E-state index in [1.165, 1.54) is 6.08 Å². The molecular weight excluding hydrogens is 324 g/mol. The topological polar surface area (TPSA) is 49.4 Å². The van der Waals surface area contributed by atoms with Gasteiger partial charge in [0.05, 0.1) is 11.3 Å². The Morgan fingerprint density at radius 1 is 1.00 bits per heavy atom. The van der Waals surface area contributed by atoms with Crippen molar-refractivity contribution in [2.24, 2.45) is 5.92 Å². The van der Waals surface area contributed by atoms with Crippen LogP contribution in [0.3, 0.4) is 0 Å². The summed E-state index contributed by atoms with van der Waals surface area (Å²) in [7, 11) is 0. The van der Waals surface area contributed by atoms with Crippen LogP contribution in [0.1, 0.15) is 35.7 Å². The highest BCUT2D eigenvalue weighted by atomic mass is 16.2. The van der Waals surface area contributed by atoms with Gasteiger partial charge in [0, 0.05) is 19.2 Å². The predicted molar refractivity (Wildman–Crippen MR) is 105 cm³/mol. The van der Waals surface area contributed by atoms with Crippen molar-refractivity contribution in [2.45, 2.75) is 19.8 Å². The molecule has 0 bridgehead atoms. The number of para-hydroxylation sites is 1. The Morgan fingerprint density at radius 2 is 1.65 bits per heavy atom. The zero-order chi connectivity index (χ0) is 18.4. The van der Waals surface area contributed by atoms with Crippen molar-refractivity contribution in [1.29, 1.82) is 0 Å². The minimum Gasteiger partial charge on any atom is -0.339 e. The van der Waals surface area contributed by atoms with Crippen LogP contribution in [0.5, 0.6) is 0 Å². The van der Waals surface area contributed by atoms with Crippen LogP contribution in [-0.2, 0) is 4.79 Å². The predicted octanol–water partition coefficient (Wildman–Crippen LogP) is 4.21. The van der Waals surface area contributed by atoms with Crippen LogP contribution < -0.4 is 5.32 Å². The molecule has 0 aromatic heterocycles. The molecule has 2 aromatic rings. The lowest BCUT2D eigenvalue weighted by atomic mass is 9.98. The minimum atomic E-state index is -0.249. The molecule has 4 heteroatoms. The van der Waals surface area contributed by atoms with Crippen molar-refractivity contribution < 1.29 is 9.59 Å². The summed E-state index contributed by atoms with van der Waals surface area (Å²) in [6.45, 7) is 3.77. The van der Waals surface area contributed by atoms with Crippen LogP contribution in [0.25, 0.3) is 6.08 Å². The van der Waals surface area contributed by atoms with Gasteiger partial charge in [-0.1, -0.05) is 49.4 Å². The van der Waals surface area contributed by atoms with Crippen LogP contribution in [0.15, 0.2) is 60.7 Å². The van der Waals surface area contributed by atoms with Gasteiger partial charge in [-0.15, -0.1) is 0 Å². The van der Waals surface area contributed by atoms with Gasteiger partial charge < -0.3 is 10.2 Å². The lowest BCUT2D eigenvalue weighted by Crippen LogP contribution is -2.38. The molecule has 0 atom stereocenters. The summed E-state index contributed by atoms with van der Waals surface area (Å²) < 4.78 is 0. The Bertz CT molecular complexity index is 791. The number of hydrogen-bond donors (Lipinski definition) is 1. The van der Waals surface area contributed by atoms with E-state index < -0.39 is 0 Å². The second-order valence-electron chi connectivity index (χ2n) is 6.75. The van der Waals surface area contributed by atoms with E-state index in [4.69, 9.17) is 0 Å². The highest BCUT2D eigenvalue weighted by molar-refractivity contribution is 6.07. The quantitative estimate of drug-likeness (QED) is 0.842. The van der Waals surface area contributed by atoms with Gasteiger partial charge >= 0.3 is 0 Å². The first-order valence-corrected chi connectivity index (χ1v) is 9.06. The van der Waals surface area contributed by atoms with E-state index in [1.807, 2.05) is 47.4 Å². The number of nitrogens with zero attached hydrogens (tertiary/aromatic N) is 1. The summed E-state index contributed by atoms with van der Waals surface area (Å²) in [4.78, 5) is 27.0. The van der Waals surface area contributed by atoms with Gasteiger partial charge in [0.1, 0.15) is 0 Å². The molecule has 0 radical (unpaired) electrons. The molecule has 0 aliphatic carbocycles. The summed E-state index contributed by atoms with van der Waals surface area (Å²) in [5.74, 6) is 0.401. The Morgan fingerprint density at radius 3 is 2.38 bits per heavy atom. The van der Waals surface area contributed by atoms with E-state index in [9.17, 15) is 9.59 Å². The van der Waals surface area contributed by atoms with E-state index in [-0.39, 0.29) is 11.8 Å². The highest BCUT2D eigenvalue weighted by Gasteiger charge is 2.23. The minimum absolute atomic E-state index is 0.0140. The van der Waals surface area contributed by atoms with Crippen LogP contribution in [0.4, 0.5) is 5.69 Å². The zero-order valence-corrected chi connectivity index (χ0v) is 15.0. The molecular formula is C22H24N2O2. The molecule has 134 valence electrons. The standard InChI is InChI=1S/C22H24N2O2/c1-17-13-15-24(16-14-17)22(26)19-9-5-6-10-20(19)23-21(25)12-11-18-7-3-2-4-8-18/h2-12,17H,13-16H2,1H3,(H,23,25)/b12-11-. The van der Waals surface area contributed by atoms with Gasteiger partial charge in [0.25, 0.3) is 5.91 Å². The number of carbonyl (C=O) groups excluding carboxylic acids is 2. The largest absolute Gasteiger partial charge is 0.339 e. The van der Waals surface area contributed by atoms with Gasteiger partial charge in [-0.05, 0) is 42.5 Å². The first kappa shape index (κ1) is 17.9. The molecule has 2 amide bonds. The first-order chi connectivity index (χ1) is 12.6. The van der Waals surface area contributed by atoms with E-state index >= 15 is 0 Å². The lowest BCUT2D eigenvalue weighted by molar-refractivity contribution is -0.111. The highest BCUT2D eigenvalue weighted by Crippen LogP contribution is 2.22. The summed E-state index contributed by atoms with van der Waals surface area (Å²) in [5, 5.41) is 2.84. The number of piperidine rings is 1. The molecule has 0 spiro atoms. The smallest absolute Gasteiger partial charge is 0.255 e. The molecule has 1 heterocycles. The molecule has 1 aliphatic rings. The number of anilines is 1. The van der Waals surface area contributed by atoms with Crippen molar-refractivity contribution in [2.75, 3.05) is 18.4 Å². The number of nitrogens with one attached hydrogen (secondary N) is 1. The lowest BCUT2D eigenvalue weighted by Gasteiger charge is -2.30. The maximum Gasteiger partial charge on any atom is 0.255 e. The maximum absolute atomic E-state index is 12.8. The van der Waals surface area contributed by atoms with E-state index in [0.29, 0.717) is 17.2 Å². The summed E-state index contributed by atoms with van der Waals surface area (Å²) >= 11 is 0. The fraction of sp³-hybridized carbons (Fsp3) is 0.273. The van der Waals surface area contributed by atoms with Gasteiger partial charge in [-0.3, -0.25) is 9.59 Å². The number of rotatable bonds is 4. The fourth-order valence-electron chi connectivity index (χ4n) is 3.07. The average Bonchev–Trinajstić information content (AvgIpc) is 2.68. The van der Waals surface area contributed by atoms with Crippen LogP contribution >= 0.6 is 0 Å². The second-order valence-corrected chi connectivity index (χ2v) is 6.75. The Balaban J connectivity index is 1.70. The third-order valence-electron chi connectivity index (χ3n) is 4.71. The third-order valence-corrected chi connectivity index (χ3v) is 4.71. The zero-order valence-electron chi connectivity index (χ0n) is 15.0. The monoisotopic (exact) mass is 348 g/mol. The number of benzene rings is 2. The fourth-order valence-corrected chi connectivity index (χ4v) is 3.07. The molecule has 2 aromatic carbocycles. The molecule has 4 nitrogen and oxygen atoms in total. The Hall–Kier alpha value is -2.88. The summed E-state index contributed by atoms with van der Waals surface area (Å²) in [6.07, 6.45) is 5.30. The normalized spacial score (nSPS) is 15.2.